The van der Waals surface area contributed by atoms with Crippen molar-refractivity contribution >= 4 is 5.91 Å². The average molecular weight is 183 g/mol. The smallest absolute Gasteiger partial charge is 0.221 e. The van der Waals surface area contributed by atoms with Gasteiger partial charge in [0.15, 0.2) is 0 Å². The molecule has 0 aromatic carbocycles. The topological polar surface area (TPSA) is 43.1 Å². The Bertz CT molecular complexity index is 210. The van der Waals surface area contributed by atoms with Crippen molar-refractivity contribution in [3.8, 4) is 0 Å². The lowest BCUT2D eigenvalue weighted by atomic mass is 9.59. The fraction of sp³-hybridized carbons (Fsp3) is 0.909. The summed E-state index contributed by atoms with van der Waals surface area (Å²) >= 11 is 0. The van der Waals surface area contributed by atoms with Crippen LogP contribution in [0.25, 0.3) is 0 Å². The molecule has 1 aliphatic carbocycles. The van der Waals surface area contributed by atoms with Crippen LogP contribution in [0.2, 0.25) is 0 Å². The van der Waals surface area contributed by atoms with Crippen molar-refractivity contribution < 1.29 is 4.79 Å². The molecule has 0 bridgehead atoms. The summed E-state index contributed by atoms with van der Waals surface area (Å²) in [6.45, 7) is 8.70. The monoisotopic (exact) mass is 183 g/mol. The molecule has 2 N–H and O–H groups in total. The van der Waals surface area contributed by atoms with Gasteiger partial charge in [0.1, 0.15) is 0 Å². The number of primary amides is 1. The van der Waals surface area contributed by atoms with Crippen LogP contribution in [0.15, 0.2) is 0 Å². The van der Waals surface area contributed by atoms with Crippen molar-refractivity contribution in [1.82, 2.24) is 0 Å². The molecule has 1 rings (SSSR count). The summed E-state index contributed by atoms with van der Waals surface area (Å²) in [6.07, 6.45) is 2.36. The predicted molar refractivity (Wildman–Crippen MR) is 54.0 cm³/mol. The molecule has 76 valence electrons. The molecule has 0 radical (unpaired) electrons. The van der Waals surface area contributed by atoms with E-state index >= 15 is 0 Å². The van der Waals surface area contributed by atoms with Gasteiger partial charge in [-0.25, -0.2) is 0 Å². The van der Waals surface area contributed by atoms with Crippen LogP contribution in [0.3, 0.4) is 0 Å². The lowest BCUT2D eigenvalue weighted by Gasteiger charge is -2.45. The van der Waals surface area contributed by atoms with E-state index < -0.39 is 0 Å². The number of hydrogen-bond acceptors (Lipinski definition) is 1. The van der Waals surface area contributed by atoms with Crippen LogP contribution in [-0.4, -0.2) is 5.91 Å². The first-order valence-corrected chi connectivity index (χ1v) is 5.16. The van der Waals surface area contributed by atoms with Crippen LogP contribution < -0.4 is 5.73 Å². The zero-order chi connectivity index (χ0) is 10.2. The van der Waals surface area contributed by atoms with Gasteiger partial charge >= 0.3 is 0 Å². The van der Waals surface area contributed by atoms with Gasteiger partial charge in [-0.05, 0) is 30.1 Å². The highest BCUT2D eigenvalue weighted by Crippen LogP contribution is 2.47. The molecule has 0 aliphatic heterocycles. The van der Waals surface area contributed by atoms with Gasteiger partial charge in [0.2, 0.25) is 5.91 Å². The molecular weight excluding hydrogens is 162 g/mol. The van der Waals surface area contributed by atoms with Crippen LogP contribution in [0.5, 0.6) is 0 Å². The van der Waals surface area contributed by atoms with Crippen LogP contribution in [0.1, 0.15) is 40.5 Å². The van der Waals surface area contributed by atoms with Gasteiger partial charge in [0.05, 0.1) is 0 Å². The third-order valence-corrected chi connectivity index (χ3v) is 4.00. The number of rotatable bonds is 1. The summed E-state index contributed by atoms with van der Waals surface area (Å²) in [5.41, 5.74) is 5.53. The van der Waals surface area contributed by atoms with Crippen molar-refractivity contribution in [1.29, 1.82) is 0 Å². The maximum absolute atomic E-state index is 11.3. The lowest BCUT2D eigenvalue weighted by Crippen LogP contribution is -2.46. The molecule has 0 saturated heterocycles. The number of nitrogens with two attached hydrogens (primary N) is 1. The van der Waals surface area contributed by atoms with Gasteiger partial charge in [-0.3, -0.25) is 4.79 Å². The summed E-state index contributed by atoms with van der Waals surface area (Å²) in [7, 11) is 0. The first-order valence-electron chi connectivity index (χ1n) is 5.16. The minimum atomic E-state index is -0.121. The predicted octanol–water partition coefficient (Wildman–Crippen LogP) is 2.18. The molecule has 0 heterocycles. The highest BCUT2D eigenvalue weighted by molar-refractivity contribution is 5.78. The van der Waals surface area contributed by atoms with Crippen molar-refractivity contribution in [2.75, 3.05) is 0 Å². The molecule has 0 aromatic heterocycles. The molecule has 1 fully saturated rings. The molecule has 1 saturated carbocycles. The largest absolute Gasteiger partial charge is 0.369 e. The van der Waals surface area contributed by atoms with Crippen molar-refractivity contribution in [3.05, 3.63) is 0 Å². The van der Waals surface area contributed by atoms with Crippen LogP contribution >= 0.6 is 0 Å². The highest BCUT2D eigenvalue weighted by Gasteiger charge is 2.44. The van der Waals surface area contributed by atoms with Gasteiger partial charge < -0.3 is 5.73 Å². The van der Waals surface area contributed by atoms with E-state index in [-0.39, 0.29) is 17.2 Å². The number of hydrogen-bond donors (Lipinski definition) is 1. The zero-order valence-corrected chi connectivity index (χ0v) is 9.13. The molecule has 0 aromatic rings. The quantitative estimate of drug-likeness (QED) is 0.665. The second kappa shape index (κ2) is 3.32. The van der Waals surface area contributed by atoms with Crippen LogP contribution in [0.4, 0.5) is 0 Å². The molecule has 1 amide bonds. The van der Waals surface area contributed by atoms with Crippen LogP contribution in [0, 0.1) is 23.2 Å². The normalized spacial score (nSPS) is 38.6. The third-order valence-electron chi connectivity index (χ3n) is 4.00. The summed E-state index contributed by atoms with van der Waals surface area (Å²) in [5.74, 6) is 0.977. The van der Waals surface area contributed by atoms with Gasteiger partial charge in [-0.2, -0.15) is 0 Å². The van der Waals surface area contributed by atoms with E-state index in [1.807, 2.05) is 0 Å². The second-order valence-corrected chi connectivity index (χ2v) is 5.16. The maximum atomic E-state index is 11.3. The Balaban J connectivity index is 2.91. The summed E-state index contributed by atoms with van der Waals surface area (Å²) < 4.78 is 0. The van der Waals surface area contributed by atoms with E-state index in [9.17, 15) is 4.79 Å². The molecule has 1 aliphatic rings. The van der Waals surface area contributed by atoms with Crippen LogP contribution in [-0.2, 0) is 4.79 Å². The van der Waals surface area contributed by atoms with E-state index in [0.717, 1.165) is 6.42 Å². The number of amides is 1. The molecular formula is C11H21NO. The van der Waals surface area contributed by atoms with E-state index in [1.165, 1.54) is 6.42 Å². The van der Waals surface area contributed by atoms with E-state index in [1.54, 1.807) is 0 Å². The summed E-state index contributed by atoms with van der Waals surface area (Å²) in [5, 5.41) is 0. The molecule has 3 unspecified atom stereocenters. The van der Waals surface area contributed by atoms with Crippen molar-refractivity contribution in [2.45, 2.75) is 40.5 Å². The molecule has 2 heteroatoms. The Labute approximate surface area is 80.9 Å². The first kappa shape index (κ1) is 10.6. The molecule has 0 spiro atoms. The fourth-order valence-electron chi connectivity index (χ4n) is 2.74. The SMILES string of the molecule is CC1CCC(C)C(C)(C)C1C(N)=O. The van der Waals surface area contributed by atoms with Gasteiger partial charge in [-0.1, -0.05) is 27.7 Å². The van der Waals surface area contributed by atoms with Gasteiger partial charge in [0, 0.05) is 5.92 Å². The Morgan fingerprint density at radius 1 is 1.31 bits per heavy atom. The van der Waals surface area contributed by atoms with Gasteiger partial charge in [-0.15, -0.1) is 0 Å². The third kappa shape index (κ3) is 1.72. The summed E-state index contributed by atoms with van der Waals surface area (Å²) in [4.78, 5) is 11.3. The maximum Gasteiger partial charge on any atom is 0.221 e. The number of carbonyl (C=O) groups is 1. The Hall–Kier alpha value is -0.530. The average Bonchev–Trinajstić information content (AvgIpc) is 1.96. The fourth-order valence-corrected chi connectivity index (χ4v) is 2.74. The zero-order valence-electron chi connectivity index (χ0n) is 9.13. The Kier molecular flexibility index (Phi) is 2.69. The highest BCUT2D eigenvalue weighted by atomic mass is 16.1. The minimum absolute atomic E-state index is 0.0521. The standard InChI is InChI=1S/C11H21NO/c1-7-5-6-8(2)11(3,4)9(7)10(12)13/h7-9H,5-6H2,1-4H3,(H2,12,13). The molecule has 3 atom stereocenters. The lowest BCUT2D eigenvalue weighted by molar-refractivity contribution is -0.131. The first-order chi connectivity index (χ1) is 5.87. The van der Waals surface area contributed by atoms with E-state index in [4.69, 9.17) is 5.73 Å². The van der Waals surface area contributed by atoms with E-state index in [0.29, 0.717) is 11.8 Å². The van der Waals surface area contributed by atoms with Gasteiger partial charge in [0.25, 0.3) is 0 Å². The van der Waals surface area contributed by atoms with Crippen molar-refractivity contribution in [2.24, 2.45) is 28.9 Å². The Morgan fingerprint density at radius 3 is 2.23 bits per heavy atom. The summed E-state index contributed by atoms with van der Waals surface area (Å²) in [6, 6.07) is 0. The minimum Gasteiger partial charge on any atom is -0.369 e. The molecule has 13 heavy (non-hydrogen) atoms. The number of carbonyl (C=O) groups excluding carboxylic acids is 1. The Morgan fingerprint density at radius 2 is 1.85 bits per heavy atom. The van der Waals surface area contributed by atoms with E-state index in [2.05, 4.69) is 27.7 Å². The molecule has 2 nitrogen and oxygen atoms in total. The second-order valence-electron chi connectivity index (χ2n) is 5.16. The van der Waals surface area contributed by atoms with Crippen molar-refractivity contribution in [3.63, 3.8) is 0 Å².